The van der Waals surface area contributed by atoms with Crippen molar-refractivity contribution in [3.63, 3.8) is 0 Å². The van der Waals surface area contributed by atoms with E-state index in [0.29, 0.717) is 22.9 Å². The molecule has 1 aromatic carbocycles. The van der Waals surface area contributed by atoms with Crippen molar-refractivity contribution in [2.45, 2.75) is 70.1 Å². The topological polar surface area (TPSA) is 114 Å². The smallest absolute Gasteiger partial charge is 0.302 e. The van der Waals surface area contributed by atoms with Gasteiger partial charge in [-0.25, -0.2) is 13.4 Å². The van der Waals surface area contributed by atoms with Crippen LogP contribution in [0.1, 0.15) is 67.5 Å². The maximum Gasteiger partial charge on any atom is 0.336 e. The minimum atomic E-state index is -3.32. The highest BCUT2D eigenvalue weighted by Crippen LogP contribution is 2.43. The molecular formula is C27H31F2N5O4S2. The summed E-state index contributed by atoms with van der Waals surface area (Å²) in [4.78, 5) is 32.4. The van der Waals surface area contributed by atoms with Crippen LogP contribution in [0.2, 0.25) is 0 Å². The zero-order valence-electron chi connectivity index (χ0n) is 22.2. The molecule has 1 fully saturated rings. The Hall–Kier alpha value is -3.03. The molecule has 40 heavy (non-hydrogen) atoms. The fraction of sp³-hybridized carbons (Fsp3) is 0.481. The number of carbonyl (C=O) groups is 1. The van der Waals surface area contributed by atoms with Gasteiger partial charge < -0.3 is 5.32 Å². The predicted octanol–water partition coefficient (Wildman–Crippen LogP) is 4.56. The molecule has 0 saturated heterocycles. The highest BCUT2D eigenvalue weighted by atomic mass is 32.2. The van der Waals surface area contributed by atoms with Gasteiger partial charge in [0.1, 0.15) is 0 Å². The van der Waals surface area contributed by atoms with Crippen molar-refractivity contribution in [1.29, 1.82) is 0 Å². The maximum atomic E-state index is 13.1. The summed E-state index contributed by atoms with van der Waals surface area (Å²) in [6.45, 7) is 1.84. The maximum absolute atomic E-state index is 13.1. The molecular weight excluding hydrogens is 560 g/mol. The molecule has 1 aliphatic heterocycles. The van der Waals surface area contributed by atoms with Gasteiger partial charge >= 0.3 is 6.55 Å². The molecule has 9 nitrogen and oxygen atoms in total. The Bertz CT molecular complexity index is 1550. The number of anilines is 1. The fourth-order valence-electron chi connectivity index (χ4n) is 5.24. The summed E-state index contributed by atoms with van der Waals surface area (Å²) in [5, 5.41) is 7.15. The second-order valence-corrected chi connectivity index (χ2v) is 13.9. The number of thiazole rings is 1. The number of nitrogens with one attached hydrogen (secondary N) is 1. The molecule has 1 atom stereocenters. The molecule has 3 heterocycles. The van der Waals surface area contributed by atoms with Crippen LogP contribution in [0.25, 0.3) is 0 Å². The van der Waals surface area contributed by atoms with Crippen LogP contribution in [0, 0.1) is 11.8 Å². The first-order valence-corrected chi connectivity index (χ1v) is 15.7. The number of hydrogen-bond acceptors (Lipinski definition) is 8. The molecule has 214 valence electrons. The highest BCUT2D eigenvalue weighted by Gasteiger charge is 2.36. The number of hydrogen-bond donors (Lipinski definition) is 1. The summed E-state index contributed by atoms with van der Waals surface area (Å²) in [5.74, 6) is 0.313. The number of alkyl halides is 2. The van der Waals surface area contributed by atoms with Crippen LogP contribution in [-0.4, -0.2) is 39.7 Å². The van der Waals surface area contributed by atoms with Crippen molar-refractivity contribution < 1.29 is 22.0 Å². The molecule has 2 aromatic heterocycles. The van der Waals surface area contributed by atoms with E-state index in [0.717, 1.165) is 35.9 Å². The Balaban J connectivity index is 1.22. The van der Waals surface area contributed by atoms with Crippen LogP contribution in [-0.2, 0) is 34.1 Å². The van der Waals surface area contributed by atoms with Crippen LogP contribution in [0.5, 0.6) is 0 Å². The first-order valence-electron chi connectivity index (χ1n) is 13.2. The number of nitrogens with zero attached hydrogens (tertiary/aromatic N) is 4. The lowest BCUT2D eigenvalue weighted by Gasteiger charge is -2.27. The molecule has 3 aromatic rings. The lowest BCUT2D eigenvalue weighted by atomic mass is 9.87. The van der Waals surface area contributed by atoms with Crippen molar-refractivity contribution in [2.75, 3.05) is 11.1 Å². The van der Waals surface area contributed by atoms with Gasteiger partial charge in [0.05, 0.1) is 34.5 Å². The molecule has 0 radical (unpaired) electrons. The number of sulfone groups is 1. The SMILES string of the molecule is CC(C)[C@H]1c2nc(NC(=O)Cc3ccc(S(=O)(=O)CC4CCC4)cc3)sc2CN1Cc1ccc(=O)n(C(F)F)n1. The lowest BCUT2D eigenvalue weighted by molar-refractivity contribution is -0.115. The lowest BCUT2D eigenvalue weighted by Crippen LogP contribution is -2.29. The highest BCUT2D eigenvalue weighted by molar-refractivity contribution is 7.91. The molecule has 1 N–H and O–H groups in total. The number of fused-ring (bicyclic) bond motifs is 1. The molecule has 13 heteroatoms. The molecule has 5 rings (SSSR count). The third-order valence-corrected chi connectivity index (χ3v) is 10.3. The normalized spacial score (nSPS) is 17.8. The largest absolute Gasteiger partial charge is 0.336 e. The van der Waals surface area contributed by atoms with Crippen LogP contribution in [0.4, 0.5) is 13.9 Å². The van der Waals surface area contributed by atoms with Gasteiger partial charge in [-0.05, 0) is 48.4 Å². The van der Waals surface area contributed by atoms with Crippen molar-refractivity contribution in [1.82, 2.24) is 19.7 Å². The number of aromatic nitrogens is 3. The number of halogens is 2. The third kappa shape index (κ3) is 6.16. The van der Waals surface area contributed by atoms with Crippen LogP contribution >= 0.6 is 11.3 Å². The van der Waals surface area contributed by atoms with E-state index in [4.69, 9.17) is 0 Å². The minimum Gasteiger partial charge on any atom is -0.302 e. The van der Waals surface area contributed by atoms with Gasteiger partial charge in [-0.15, -0.1) is 11.3 Å². The van der Waals surface area contributed by atoms with Gasteiger partial charge in [-0.2, -0.15) is 18.6 Å². The van der Waals surface area contributed by atoms with Crippen LogP contribution < -0.4 is 10.9 Å². The average Bonchev–Trinajstić information content (AvgIpc) is 3.39. The van der Waals surface area contributed by atoms with E-state index < -0.39 is 21.9 Å². The second kappa shape index (κ2) is 11.5. The molecule has 1 amide bonds. The Kier molecular flexibility index (Phi) is 8.16. The van der Waals surface area contributed by atoms with E-state index in [1.807, 2.05) is 13.8 Å². The zero-order chi connectivity index (χ0) is 28.6. The average molecular weight is 592 g/mol. The Labute approximate surface area is 235 Å². The number of rotatable bonds is 10. The zero-order valence-corrected chi connectivity index (χ0v) is 23.9. The van der Waals surface area contributed by atoms with Gasteiger partial charge in [0, 0.05) is 24.0 Å². The van der Waals surface area contributed by atoms with Crippen molar-refractivity contribution in [2.24, 2.45) is 11.8 Å². The van der Waals surface area contributed by atoms with Crippen molar-refractivity contribution in [3.05, 3.63) is 68.6 Å². The van der Waals surface area contributed by atoms with Gasteiger partial charge in [0.15, 0.2) is 15.0 Å². The molecule has 2 aliphatic rings. The first-order chi connectivity index (χ1) is 19.0. The van der Waals surface area contributed by atoms with Crippen molar-refractivity contribution in [3.8, 4) is 0 Å². The van der Waals surface area contributed by atoms with E-state index in [9.17, 15) is 26.8 Å². The van der Waals surface area contributed by atoms with Gasteiger partial charge in [0.25, 0.3) is 5.56 Å². The van der Waals surface area contributed by atoms with E-state index in [1.54, 1.807) is 24.3 Å². The van der Waals surface area contributed by atoms with Gasteiger partial charge in [-0.3, -0.25) is 14.5 Å². The molecule has 0 spiro atoms. The van der Waals surface area contributed by atoms with E-state index >= 15 is 0 Å². The Morgan fingerprint density at radius 1 is 1.15 bits per heavy atom. The summed E-state index contributed by atoms with van der Waals surface area (Å²) in [5.41, 5.74) is 1.04. The number of amides is 1. The standard InChI is InChI=1S/C27H31F2N5O4S2/c1-16(2)25-24-21(14-33(25)13-19-8-11-23(36)34(32-19)26(28)29)39-27(31-24)30-22(35)12-17-6-9-20(10-7-17)40(37,38)15-18-4-3-5-18/h6-11,16,18,25-26H,3-5,12-15H2,1-2H3,(H,30,31,35)/t25-/m0/s1. The molecule has 0 bridgehead atoms. The Morgan fingerprint density at radius 2 is 1.88 bits per heavy atom. The summed E-state index contributed by atoms with van der Waals surface area (Å²) in [7, 11) is -3.32. The molecule has 0 unspecified atom stereocenters. The summed E-state index contributed by atoms with van der Waals surface area (Å²) in [6, 6.07) is 8.93. The van der Waals surface area contributed by atoms with E-state index in [2.05, 4.69) is 20.3 Å². The van der Waals surface area contributed by atoms with Crippen LogP contribution in [0.3, 0.4) is 0 Å². The third-order valence-electron chi connectivity index (χ3n) is 7.38. The first kappa shape index (κ1) is 28.5. The predicted molar refractivity (Wildman–Crippen MR) is 147 cm³/mol. The van der Waals surface area contributed by atoms with E-state index in [-0.39, 0.29) is 52.1 Å². The molecule has 1 saturated carbocycles. The second-order valence-electron chi connectivity index (χ2n) is 10.8. The summed E-state index contributed by atoms with van der Waals surface area (Å²) in [6.07, 6.45) is 3.09. The Morgan fingerprint density at radius 3 is 2.50 bits per heavy atom. The summed E-state index contributed by atoms with van der Waals surface area (Å²) >= 11 is 1.37. The number of carbonyl (C=O) groups excluding carboxylic acids is 1. The summed E-state index contributed by atoms with van der Waals surface area (Å²) < 4.78 is 51.6. The van der Waals surface area contributed by atoms with E-state index in [1.165, 1.54) is 17.4 Å². The monoisotopic (exact) mass is 591 g/mol. The quantitative estimate of drug-likeness (QED) is 0.368. The number of benzene rings is 1. The fourth-order valence-corrected chi connectivity index (χ4v) is 7.98. The molecule has 1 aliphatic carbocycles. The van der Waals surface area contributed by atoms with Crippen LogP contribution in [0.15, 0.2) is 46.1 Å². The van der Waals surface area contributed by atoms with Gasteiger partial charge in [0.2, 0.25) is 5.91 Å². The minimum absolute atomic E-state index is 0.0818. The van der Waals surface area contributed by atoms with Gasteiger partial charge in [-0.1, -0.05) is 32.4 Å². The van der Waals surface area contributed by atoms with Crippen molar-refractivity contribution >= 4 is 32.2 Å².